The number of aryl methyl sites for hydroxylation is 3. The number of aromatic nitrogens is 5. The molecule has 7 heteroatoms. The molecule has 1 aliphatic rings. The Morgan fingerprint density at radius 3 is 2.75 bits per heavy atom. The molecule has 0 fully saturated rings. The van der Waals surface area contributed by atoms with Gasteiger partial charge in [-0.15, -0.1) is 0 Å². The van der Waals surface area contributed by atoms with Crippen LogP contribution >= 0.6 is 0 Å². The molecule has 7 nitrogen and oxygen atoms in total. The normalized spacial score (nSPS) is 15.3. The zero-order valence-corrected chi connectivity index (χ0v) is 20.0. The molecule has 0 unspecified atom stereocenters. The Morgan fingerprint density at radius 1 is 1.22 bits per heavy atom. The quantitative estimate of drug-likeness (QED) is 0.462. The smallest absolute Gasteiger partial charge is 0.279 e. The average molecular weight is 436 g/mol. The van der Waals surface area contributed by atoms with Crippen LogP contribution in [0.25, 0.3) is 29.0 Å². The van der Waals surface area contributed by atoms with Crippen LogP contribution < -0.4 is 0 Å². The molecule has 170 valence electrons. The van der Waals surface area contributed by atoms with Gasteiger partial charge < -0.3 is 9.26 Å². The number of fused-ring (bicyclic) bond motifs is 1. The van der Waals surface area contributed by atoms with Crippen LogP contribution in [0.5, 0.6) is 0 Å². The number of ether oxygens (including phenoxy) is 1. The molecule has 0 N–H and O–H groups in total. The van der Waals surface area contributed by atoms with E-state index in [1.54, 1.807) is 6.26 Å². The average Bonchev–Trinajstić information content (AvgIpc) is 3.37. The minimum absolute atomic E-state index is 0.287. The van der Waals surface area contributed by atoms with Crippen LogP contribution in [0, 0.1) is 12.3 Å². The molecule has 1 aliphatic carbocycles. The van der Waals surface area contributed by atoms with E-state index in [0.29, 0.717) is 18.3 Å². The van der Waals surface area contributed by atoms with Crippen molar-refractivity contribution in [1.82, 2.24) is 24.9 Å². The lowest BCUT2D eigenvalue weighted by Gasteiger charge is -2.30. The van der Waals surface area contributed by atoms with Gasteiger partial charge in [-0.3, -0.25) is 9.67 Å². The summed E-state index contributed by atoms with van der Waals surface area (Å²) in [5.41, 5.74) is 7.43. The second kappa shape index (κ2) is 8.88. The highest BCUT2D eigenvalue weighted by atomic mass is 16.5. The molecular weight excluding hydrogens is 402 g/mol. The van der Waals surface area contributed by atoms with E-state index >= 15 is 0 Å². The first-order valence-corrected chi connectivity index (χ1v) is 11.6. The van der Waals surface area contributed by atoms with Gasteiger partial charge in [0.25, 0.3) is 5.89 Å². The summed E-state index contributed by atoms with van der Waals surface area (Å²) >= 11 is 0. The first-order chi connectivity index (χ1) is 15.4. The van der Waals surface area contributed by atoms with Gasteiger partial charge in [-0.2, -0.15) is 10.1 Å². The summed E-state index contributed by atoms with van der Waals surface area (Å²) in [7, 11) is 0. The summed E-state index contributed by atoms with van der Waals surface area (Å²) in [6.07, 6.45) is 7.58. The van der Waals surface area contributed by atoms with Crippen molar-refractivity contribution in [3.05, 3.63) is 40.5 Å². The van der Waals surface area contributed by atoms with Crippen LogP contribution in [-0.2, 0) is 30.5 Å². The second-order valence-electron chi connectivity index (χ2n) is 9.13. The minimum Gasteiger partial charge on any atom is -0.501 e. The molecule has 0 spiro atoms. The first kappa shape index (κ1) is 22.2. The fraction of sp³-hybridized carbons (Fsp3) is 0.520. The molecule has 0 saturated carbocycles. The number of rotatable bonds is 7. The molecule has 3 heterocycles. The number of nitrogens with zero attached hydrogens (tertiary/aromatic N) is 5. The van der Waals surface area contributed by atoms with E-state index in [4.69, 9.17) is 24.3 Å². The maximum atomic E-state index is 5.72. The Kier molecular flexibility index (Phi) is 6.17. The fourth-order valence-corrected chi connectivity index (χ4v) is 4.39. The van der Waals surface area contributed by atoms with Crippen LogP contribution in [0.1, 0.15) is 69.2 Å². The SMILES string of the molecule is CCO/C=C/c1nc(C)c(-c2noc(-c3nn(CC)c4c3CCC(C)(C)C4)n2)cc1CC. The van der Waals surface area contributed by atoms with Crippen molar-refractivity contribution in [3.63, 3.8) is 0 Å². The Morgan fingerprint density at radius 2 is 2.03 bits per heavy atom. The van der Waals surface area contributed by atoms with Crippen LogP contribution in [0.15, 0.2) is 16.9 Å². The number of hydrogen-bond donors (Lipinski definition) is 0. The van der Waals surface area contributed by atoms with Gasteiger partial charge in [-0.1, -0.05) is 25.9 Å². The molecular formula is C25H33N5O2. The summed E-state index contributed by atoms with van der Waals surface area (Å²) in [4.78, 5) is 9.52. The van der Waals surface area contributed by atoms with Crippen molar-refractivity contribution < 1.29 is 9.26 Å². The van der Waals surface area contributed by atoms with Crippen molar-refractivity contribution in [2.75, 3.05) is 6.61 Å². The topological polar surface area (TPSA) is 78.9 Å². The van der Waals surface area contributed by atoms with Crippen molar-refractivity contribution in [2.24, 2.45) is 5.41 Å². The third kappa shape index (κ3) is 4.20. The Labute approximate surface area is 189 Å². The lowest BCUT2D eigenvalue weighted by Crippen LogP contribution is -2.24. The highest BCUT2D eigenvalue weighted by Crippen LogP contribution is 2.39. The molecule has 0 atom stereocenters. The molecule has 0 aliphatic heterocycles. The van der Waals surface area contributed by atoms with Gasteiger partial charge in [-0.25, -0.2) is 0 Å². The molecule has 32 heavy (non-hydrogen) atoms. The van der Waals surface area contributed by atoms with E-state index in [-0.39, 0.29) is 5.41 Å². The standard InChI is InChI=1S/C25H33N5O2/c1-7-17-14-19(16(4)26-20(17)11-13-31-9-3)23-27-24(32-29-23)22-18-10-12-25(5,6)15-21(18)30(8-2)28-22/h11,13-14H,7-10,12,15H2,1-6H3/b13-11+. The van der Waals surface area contributed by atoms with E-state index in [9.17, 15) is 0 Å². The van der Waals surface area contributed by atoms with Crippen molar-refractivity contribution in [2.45, 2.75) is 73.8 Å². The van der Waals surface area contributed by atoms with Gasteiger partial charge in [0.05, 0.1) is 18.6 Å². The summed E-state index contributed by atoms with van der Waals surface area (Å²) in [5, 5.41) is 9.15. The van der Waals surface area contributed by atoms with E-state index in [1.807, 2.05) is 19.9 Å². The summed E-state index contributed by atoms with van der Waals surface area (Å²) in [6, 6.07) is 2.10. The third-order valence-corrected chi connectivity index (χ3v) is 6.23. The summed E-state index contributed by atoms with van der Waals surface area (Å²) in [5.74, 6) is 1.04. The third-order valence-electron chi connectivity index (χ3n) is 6.23. The first-order valence-electron chi connectivity index (χ1n) is 11.6. The lowest BCUT2D eigenvalue weighted by molar-refractivity contribution is 0.272. The van der Waals surface area contributed by atoms with Crippen molar-refractivity contribution >= 4 is 6.08 Å². The van der Waals surface area contributed by atoms with Crippen LogP contribution in [0.3, 0.4) is 0 Å². The van der Waals surface area contributed by atoms with Gasteiger partial charge >= 0.3 is 0 Å². The Hall–Kier alpha value is -2.96. The molecule has 0 radical (unpaired) electrons. The van der Waals surface area contributed by atoms with Gasteiger partial charge in [0.15, 0.2) is 5.69 Å². The van der Waals surface area contributed by atoms with E-state index in [0.717, 1.165) is 60.4 Å². The van der Waals surface area contributed by atoms with E-state index in [2.05, 4.69) is 43.6 Å². The van der Waals surface area contributed by atoms with Crippen LogP contribution in [-0.4, -0.2) is 31.5 Å². The summed E-state index contributed by atoms with van der Waals surface area (Å²) in [6.45, 7) is 14.3. The predicted molar refractivity (Wildman–Crippen MR) is 125 cm³/mol. The second-order valence-corrected chi connectivity index (χ2v) is 9.13. The van der Waals surface area contributed by atoms with E-state index in [1.165, 1.54) is 11.3 Å². The van der Waals surface area contributed by atoms with Crippen molar-refractivity contribution in [1.29, 1.82) is 0 Å². The van der Waals surface area contributed by atoms with Crippen LogP contribution in [0.2, 0.25) is 0 Å². The maximum Gasteiger partial charge on any atom is 0.279 e. The minimum atomic E-state index is 0.287. The molecule has 3 aromatic heterocycles. The molecule has 0 saturated heterocycles. The van der Waals surface area contributed by atoms with Gasteiger partial charge in [0.1, 0.15) is 0 Å². The monoisotopic (exact) mass is 435 g/mol. The van der Waals surface area contributed by atoms with E-state index < -0.39 is 0 Å². The highest BCUT2D eigenvalue weighted by molar-refractivity contribution is 5.65. The molecule has 4 rings (SSSR count). The number of hydrogen-bond acceptors (Lipinski definition) is 6. The zero-order valence-electron chi connectivity index (χ0n) is 20.0. The fourth-order valence-electron chi connectivity index (χ4n) is 4.39. The predicted octanol–water partition coefficient (Wildman–Crippen LogP) is 5.41. The van der Waals surface area contributed by atoms with Gasteiger partial charge in [0, 0.05) is 29.1 Å². The Balaban J connectivity index is 1.70. The molecule has 3 aromatic rings. The largest absolute Gasteiger partial charge is 0.501 e. The number of pyridine rings is 1. The lowest BCUT2D eigenvalue weighted by atomic mass is 9.76. The molecule has 0 bridgehead atoms. The van der Waals surface area contributed by atoms with Gasteiger partial charge in [-0.05, 0) is 69.6 Å². The molecule has 0 amide bonds. The van der Waals surface area contributed by atoms with Crippen molar-refractivity contribution in [3.8, 4) is 23.0 Å². The molecule has 0 aromatic carbocycles. The Bertz CT molecular complexity index is 1140. The summed E-state index contributed by atoms with van der Waals surface area (Å²) < 4.78 is 13.2. The maximum absolute atomic E-state index is 5.72. The van der Waals surface area contributed by atoms with Gasteiger partial charge in [0.2, 0.25) is 5.82 Å². The zero-order chi connectivity index (χ0) is 22.9. The van der Waals surface area contributed by atoms with Crippen LogP contribution in [0.4, 0.5) is 0 Å². The highest BCUT2D eigenvalue weighted by Gasteiger charge is 2.32.